The van der Waals surface area contributed by atoms with Gasteiger partial charge in [-0.15, -0.1) is 0 Å². The van der Waals surface area contributed by atoms with Gasteiger partial charge in [0.15, 0.2) is 0 Å². The van der Waals surface area contributed by atoms with Crippen molar-refractivity contribution in [3.05, 3.63) is 33.9 Å². The first-order valence-electron chi connectivity index (χ1n) is 4.86. The standard InChI is InChI=1S/C10H11N3O3/c1-3-6-4-8-12(2)7(10(15)16)5-9(14)13(8)11-6/h4-5H,3H2,1-2H3,(H,15,16). The monoisotopic (exact) mass is 221 g/mol. The Bertz CT molecular complexity index is 624. The van der Waals surface area contributed by atoms with Crippen LogP contribution in [0, 0.1) is 0 Å². The molecule has 2 aromatic heterocycles. The Labute approximate surface area is 90.7 Å². The van der Waals surface area contributed by atoms with Gasteiger partial charge in [0, 0.05) is 19.2 Å². The highest BCUT2D eigenvalue weighted by Crippen LogP contribution is 2.06. The minimum atomic E-state index is -1.12. The fourth-order valence-electron chi connectivity index (χ4n) is 1.60. The number of carboxylic acids is 1. The zero-order chi connectivity index (χ0) is 11.9. The summed E-state index contributed by atoms with van der Waals surface area (Å²) in [6.07, 6.45) is 0.698. The first-order valence-corrected chi connectivity index (χ1v) is 4.86. The molecule has 0 radical (unpaired) electrons. The number of rotatable bonds is 2. The van der Waals surface area contributed by atoms with Gasteiger partial charge in [-0.05, 0) is 6.42 Å². The van der Waals surface area contributed by atoms with Crippen LogP contribution < -0.4 is 5.56 Å². The van der Waals surface area contributed by atoms with Gasteiger partial charge < -0.3 is 9.67 Å². The third kappa shape index (κ3) is 1.39. The van der Waals surface area contributed by atoms with E-state index in [4.69, 9.17) is 5.11 Å². The van der Waals surface area contributed by atoms with Crippen molar-refractivity contribution in [3.8, 4) is 0 Å². The molecule has 0 unspecified atom stereocenters. The van der Waals surface area contributed by atoms with Crippen LogP contribution in [0.3, 0.4) is 0 Å². The van der Waals surface area contributed by atoms with E-state index in [2.05, 4.69) is 5.10 Å². The van der Waals surface area contributed by atoms with E-state index in [0.29, 0.717) is 12.1 Å². The second-order valence-electron chi connectivity index (χ2n) is 3.49. The lowest BCUT2D eigenvalue weighted by Crippen LogP contribution is -2.21. The van der Waals surface area contributed by atoms with E-state index in [9.17, 15) is 9.59 Å². The van der Waals surface area contributed by atoms with Crippen LogP contribution >= 0.6 is 0 Å². The summed E-state index contributed by atoms with van der Waals surface area (Å²) in [6, 6.07) is 2.79. The van der Waals surface area contributed by atoms with Crippen molar-refractivity contribution < 1.29 is 9.90 Å². The van der Waals surface area contributed by atoms with Crippen LogP contribution in [0.4, 0.5) is 0 Å². The van der Waals surface area contributed by atoms with E-state index in [1.807, 2.05) is 6.92 Å². The number of nitrogens with zero attached hydrogens (tertiary/aromatic N) is 3. The number of aryl methyl sites for hydroxylation is 2. The highest BCUT2D eigenvalue weighted by molar-refractivity contribution is 5.86. The lowest BCUT2D eigenvalue weighted by atomic mass is 10.3. The summed E-state index contributed by atoms with van der Waals surface area (Å²) in [5, 5.41) is 13.0. The number of fused-ring (bicyclic) bond motifs is 1. The van der Waals surface area contributed by atoms with Crippen LogP contribution in [0.25, 0.3) is 5.65 Å². The molecule has 2 rings (SSSR count). The summed E-state index contributed by atoms with van der Waals surface area (Å²) >= 11 is 0. The Morgan fingerprint density at radius 3 is 2.75 bits per heavy atom. The Kier molecular flexibility index (Phi) is 2.26. The van der Waals surface area contributed by atoms with E-state index in [-0.39, 0.29) is 5.69 Å². The maximum absolute atomic E-state index is 11.6. The van der Waals surface area contributed by atoms with Gasteiger partial charge in [0.05, 0.1) is 5.69 Å². The third-order valence-corrected chi connectivity index (χ3v) is 2.50. The van der Waals surface area contributed by atoms with Crippen LogP contribution in [0.15, 0.2) is 16.9 Å². The van der Waals surface area contributed by atoms with Crippen LogP contribution in [-0.2, 0) is 13.5 Å². The van der Waals surface area contributed by atoms with Crippen molar-refractivity contribution in [2.45, 2.75) is 13.3 Å². The first-order chi connectivity index (χ1) is 7.54. The van der Waals surface area contributed by atoms with E-state index >= 15 is 0 Å². The molecule has 84 valence electrons. The molecule has 0 saturated carbocycles. The zero-order valence-electron chi connectivity index (χ0n) is 8.97. The third-order valence-electron chi connectivity index (χ3n) is 2.50. The summed E-state index contributed by atoms with van der Waals surface area (Å²) in [4.78, 5) is 22.5. The van der Waals surface area contributed by atoms with Gasteiger partial charge in [-0.2, -0.15) is 9.61 Å². The topological polar surface area (TPSA) is 76.6 Å². The number of hydrogen-bond acceptors (Lipinski definition) is 3. The number of carbonyl (C=O) groups is 1. The molecule has 0 bridgehead atoms. The molecule has 0 aliphatic heterocycles. The van der Waals surface area contributed by atoms with E-state index in [1.165, 1.54) is 9.08 Å². The van der Waals surface area contributed by atoms with Crippen molar-refractivity contribution in [3.63, 3.8) is 0 Å². The fourth-order valence-corrected chi connectivity index (χ4v) is 1.60. The molecule has 16 heavy (non-hydrogen) atoms. The molecular weight excluding hydrogens is 210 g/mol. The van der Waals surface area contributed by atoms with Gasteiger partial charge in [-0.25, -0.2) is 4.79 Å². The Morgan fingerprint density at radius 2 is 2.19 bits per heavy atom. The van der Waals surface area contributed by atoms with E-state index < -0.39 is 11.5 Å². The number of aromatic nitrogens is 3. The summed E-state index contributed by atoms with van der Waals surface area (Å²) in [5.41, 5.74) is 0.780. The summed E-state index contributed by atoms with van der Waals surface area (Å²) in [6.45, 7) is 1.92. The molecule has 0 saturated heterocycles. The average Bonchev–Trinajstić information content (AvgIpc) is 2.67. The van der Waals surface area contributed by atoms with Gasteiger partial charge in [-0.3, -0.25) is 4.79 Å². The maximum atomic E-state index is 11.6. The molecule has 6 nitrogen and oxygen atoms in total. The maximum Gasteiger partial charge on any atom is 0.352 e. The fraction of sp³-hybridized carbons (Fsp3) is 0.300. The van der Waals surface area contributed by atoms with Gasteiger partial charge >= 0.3 is 5.97 Å². The average molecular weight is 221 g/mol. The van der Waals surface area contributed by atoms with Gasteiger partial charge in [0.1, 0.15) is 11.3 Å². The van der Waals surface area contributed by atoms with Crippen LogP contribution in [0.1, 0.15) is 23.1 Å². The number of carboxylic acid groups (broad SMARTS) is 1. The second-order valence-corrected chi connectivity index (χ2v) is 3.49. The lowest BCUT2D eigenvalue weighted by Gasteiger charge is -2.05. The molecule has 0 aliphatic rings. The quantitative estimate of drug-likeness (QED) is 0.790. The Morgan fingerprint density at radius 1 is 1.50 bits per heavy atom. The normalized spacial score (nSPS) is 10.9. The SMILES string of the molecule is CCc1cc2n(C)c(C(=O)O)cc(=O)n2n1. The van der Waals surface area contributed by atoms with Crippen molar-refractivity contribution in [1.82, 2.24) is 14.2 Å². The minimum Gasteiger partial charge on any atom is -0.477 e. The molecule has 0 fully saturated rings. The summed E-state index contributed by atoms with van der Waals surface area (Å²) < 4.78 is 2.65. The summed E-state index contributed by atoms with van der Waals surface area (Å²) in [7, 11) is 1.60. The second kappa shape index (κ2) is 3.48. The van der Waals surface area contributed by atoms with Crippen LogP contribution in [-0.4, -0.2) is 25.3 Å². The number of aromatic carboxylic acids is 1. The van der Waals surface area contributed by atoms with Crippen LogP contribution in [0.2, 0.25) is 0 Å². The number of hydrogen-bond donors (Lipinski definition) is 1. The molecule has 0 aromatic carbocycles. The smallest absolute Gasteiger partial charge is 0.352 e. The highest BCUT2D eigenvalue weighted by Gasteiger charge is 2.13. The molecule has 2 heterocycles. The van der Waals surface area contributed by atoms with Gasteiger partial charge in [0.25, 0.3) is 5.56 Å². The summed E-state index contributed by atoms with van der Waals surface area (Å²) in [5.74, 6) is -1.12. The molecule has 0 amide bonds. The molecule has 0 spiro atoms. The van der Waals surface area contributed by atoms with E-state index in [0.717, 1.165) is 11.8 Å². The predicted octanol–water partition coefficient (Wildman–Crippen LogP) is 0.294. The highest BCUT2D eigenvalue weighted by atomic mass is 16.4. The minimum absolute atomic E-state index is 0.0416. The lowest BCUT2D eigenvalue weighted by molar-refractivity contribution is 0.0685. The van der Waals surface area contributed by atoms with Gasteiger partial charge in [-0.1, -0.05) is 6.92 Å². The Balaban J connectivity index is 2.88. The molecule has 6 heteroatoms. The molecule has 0 atom stereocenters. The largest absolute Gasteiger partial charge is 0.477 e. The molecule has 0 aliphatic carbocycles. The van der Waals surface area contributed by atoms with E-state index in [1.54, 1.807) is 13.1 Å². The van der Waals surface area contributed by atoms with Crippen molar-refractivity contribution >= 4 is 11.6 Å². The molecule has 2 aromatic rings. The van der Waals surface area contributed by atoms with Crippen molar-refractivity contribution in [2.75, 3.05) is 0 Å². The zero-order valence-corrected chi connectivity index (χ0v) is 8.97. The van der Waals surface area contributed by atoms with Crippen LogP contribution in [0.5, 0.6) is 0 Å². The van der Waals surface area contributed by atoms with Crippen molar-refractivity contribution in [2.24, 2.45) is 7.05 Å². The van der Waals surface area contributed by atoms with Gasteiger partial charge in [0.2, 0.25) is 0 Å². The first kappa shape index (κ1) is 10.4. The molecule has 1 N–H and O–H groups in total. The predicted molar refractivity (Wildman–Crippen MR) is 56.8 cm³/mol. The van der Waals surface area contributed by atoms with Crippen molar-refractivity contribution in [1.29, 1.82) is 0 Å². The molecular formula is C10H11N3O3. The Hall–Kier alpha value is -2.11.